The summed E-state index contributed by atoms with van der Waals surface area (Å²) in [5.74, 6) is 4.24. The fourth-order valence-corrected chi connectivity index (χ4v) is 7.37. The molecule has 0 heterocycles. The van der Waals surface area contributed by atoms with Crippen LogP contribution in [0.25, 0.3) is 0 Å². The van der Waals surface area contributed by atoms with Crippen LogP contribution in [-0.4, -0.2) is 19.2 Å². The van der Waals surface area contributed by atoms with Gasteiger partial charge in [0.15, 0.2) is 23.4 Å². The molecule has 0 fully saturated rings. The van der Waals surface area contributed by atoms with Crippen molar-refractivity contribution in [3.8, 4) is 46.0 Å². The molecule has 8 aromatic carbocycles. The van der Waals surface area contributed by atoms with Crippen molar-refractivity contribution < 1.29 is 77.7 Å². The van der Waals surface area contributed by atoms with Crippen LogP contribution in [0.2, 0.25) is 0 Å². The van der Waals surface area contributed by atoms with E-state index in [1.165, 1.54) is 31.4 Å². The zero-order valence-corrected chi connectivity index (χ0v) is 57.3. The van der Waals surface area contributed by atoms with Gasteiger partial charge >= 0.3 is 65.7 Å². The monoisotopic (exact) mass is 1320 g/mol. The second-order valence-electron chi connectivity index (χ2n) is 13.6. The molecule has 0 aliphatic carbocycles. The molecular formula is C63H79O17P7+2. The predicted molar refractivity (Wildman–Crippen MR) is 353 cm³/mol. The molecule has 0 aromatic heterocycles. The van der Waals surface area contributed by atoms with Crippen molar-refractivity contribution in [2.75, 3.05) is 13.3 Å². The van der Waals surface area contributed by atoms with Gasteiger partial charge in [0.2, 0.25) is 0 Å². The van der Waals surface area contributed by atoms with Crippen LogP contribution in [0.3, 0.4) is 0 Å². The average Bonchev–Trinajstić information content (AvgIpc) is 3.68. The van der Waals surface area contributed by atoms with E-state index in [0.29, 0.717) is 57.7 Å². The first-order chi connectivity index (χ1) is 42.7. The maximum atomic E-state index is 11.5. The summed E-state index contributed by atoms with van der Waals surface area (Å²) in [5, 5.41) is 0. The fourth-order valence-electron chi connectivity index (χ4n) is 4.89. The maximum absolute atomic E-state index is 11.5. The van der Waals surface area contributed by atoms with E-state index in [-0.39, 0.29) is 34.7 Å². The van der Waals surface area contributed by atoms with Crippen LogP contribution in [0.5, 0.6) is 46.0 Å². The van der Waals surface area contributed by atoms with Crippen molar-refractivity contribution in [2.45, 2.75) is 82.6 Å². The minimum Gasteiger partial charge on any atom is -0.465 e. The topological polar surface area (TPSA) is 220 Å². The Hall–Kier alpha value is -7.67. The summed E-state index contributed by atoms with van der Waals surface area (Å²) in [6.45, 7) is 22.0. The first-order valence-electron chi connectivity index (χ1n) is 27.2. The normalized spacial score (nSPS) is 8.90. The summed E-state index contributed by atoms with van der Waals surface area (Å²) in [6, 6.07) is 69.2. The molecule has 0 bridgehead atoms. The molecule has 24 heteroatoms. The summed E-state index contributed by atoms with van der Waals surface area (Å²) in [5.41, 5.74) is 0.428. The van der Waals surface area contributed by atoms with Gasteiger partial charge in [0.05, 0.1) is 12.7 Å². The minimum atomic E-state index is -2.18. The molecule has 8 rings (SSSR count). The van der Waals surface area contributed by atoms with Gasteiger partial charge in [-0.1, -0.05) is 204 Å². The van der Waals surface area contributed by atoms with Gasteiger partial charge in [-0.2, -0.15) is 0 Å². The van der Waals surface area contributed by atoms with Gasteiger partial charge in [-0.25, -0.2) is 36.7 Å². The average molecular weight is 1330 g/mol. The molecule has 0 radical (unpaired) electrons. The first-order valence-corrected chi connectivity index (χ1v) is 33.3. The number of carbonyl (C=O) groups excluding carboxylic acids is 1. The highest BCUT2D eigenvalue weighted by molar-refractivity contribution is 7.39. The number of hydrogen-bond acceptors (Lipinski definition) is 17. The molecule has 1 unspecified atom stereocenters. The van der Waals surface area contributed by atoms with Gasteiger partial charge in [0, 0.05) is 4.57 Å². The van der Waals surface area contributed by atoms with Gasteiger partial charge in [-0.3, -0.25) is 4.52 Å². The lowest BCUT2D eigenvalue weighted by atomic mass is 10.2. The van der Waals surface area contributed by atoms with E-state index in [2.05, 4.69) is 27.4 Å². The number of methoxy groups -OCH3 is 1. The number of benzene rings is 8. The van der Waals surface area contributed by atoms with Gasteiger partial charge in [-0.05, 0) is 120 Å². The molecule has 1 atom stereocenters. The van der Waals surface area contributed by atoms with Crippen LogP contribution in [0.4, 0.5) is 0 Å². The van der Waals surface area contributed by atoms with Crippen LogP contribution in [0.1, 0.15) is 92.9 Å². The summed E-state index contributed by atoms with van der Waals surface area (Å²) < 4.78 is 115. The Bertz CT molecular complexity index is 2620. The lowest BCUT2D eigenvalue weighted by Gasteiger charge is -1.99. The molecule has 0 saturated carbocycles. The van der Waals surface area contributed by atoms with Crippen molar-refractivity contribution in [3.05, 3.63) is 242 Å². The Balaban J connectivity index is -0.000000455. The van der Waals surface area contributed by atoms with Gasteiger partial charge in [0.25, 0.3) is 0 Å². The molecule has 0 spiro atoms. The van der Waals surface area contributed by atoms with Gasteiger partial charge in [-0.15, -0.1) is 0 Å². The largest absolute Gasteiger partial charge is 0.805 e. The Labute approximate surface area is 524 Å². The third-order valence-corrected chi connectivity index (χ3v) is 11.5. The third-order valence-electron chi connectivity index (χ3n) is 8.16. The summed E-state index contributed by atoms with van der Waals surface area (Å²) in [4.78, 5) is 11.0. The number of hydrogen-bond donors (Lipinski definition) is 0. The van der Waals surface area contributed by atoms with Crippen molar-refractivity contribution >= 4 is 65.7 Å². The van der Waals surface area contributed by atoms with Crippen LogP contribution >= 0.6 is 59.7 Å². The molecule has 466 valence electrons. The number of ether oxygens (including phenoxy) is 1. The smallest absolute Gasteiger partial charge is 0.465 e. The van der Waals surface area contributed by atoms with E-state index in [9.17, 15) is 36.7 Å². The highest BCUT2D eigenvalue weighted by Crippen LogP contribution is 2.30. The van der Waals surface area contributed by atoms with Crippen LogP contribution in [0, 0.1) is 0 Å². The van der Waals surface area contributed by atoms with Crippen LogP contribution < -0.4 is 36.2 Å². The van der Waals surface area contributed by atoms with E-state index in [1.54, 1.807) is 97.1 Å². The Morgan fingerprint density at radius 3 is 0.736 bits per heavy atom. The summed E-state index contributed by atoms with van der Waals surface area (Å²) >= 11 is 0. The maximum Gasteiger partial charge on any atom is 0.805 e. The second-order valence-corrected chi connectivity index (χ2v) is 17.4. The molecule has 0 N–H and O–H groups in total. The highest BCUT2D eigenvalue weighted by atomic mass is 31.1. The molecule has 0 amide bonds. The summed E-state index contributed by atoms with van der Waals surface area (Å²) in [6.07, 6.45) is 1.52. The highest BCUT2D eigenvalue weighted by Gasteiger charge is 2.23. The number of carbonyl (C=O) groups is 1. The van der Waals surface area contributed by atoms with Crippen molar-refractivity contribution in [1.82, 2.24) is 0 Å². The quantitative estimate of drug-likeness (QED) is 0.0542. The Kier molecular flexibility index (Phi) is 66.5. The van der Waals surface area contributed by atoms with E-state index in [1.807, 2.05) is 191 Å². The molecule has 0 aliphatic heterocycles. The zero-order chi connectivity index (χ0) is 65.8. The van der Waals surface area contributed by atoms with Crippen molar-refractivity contribution in [2.24, 2.45) is 0 Å². The van der Waals surface area contributed by atoms with E-state index >= 15 is 0 Å². The lowest BCUT2D eigenvalue weighted by molar-refractivity contribution is 0.0600. The number of rotatable bonds is 19. The van der Waals surface area contributed by atoms with Gasteiger partial charge < -0.3 is 27.4 Å². The van der Waals surface area contributed by atoms with E-state index in [4.69, 9.17) is 13.6 Å². The van der Waals surface area contributed by atoms with Crippen molar-refractivity contribution in [3.63, 3.8) is 0 Å². The minimum absolute atomic E-state index is 0.305. The van der Waals surface area contributed by atoms with Crippen LogP contribution in [-0.2, 0) is 36.7 Å². The number of esters is 1. The third kappa shape index (κ3) is 51.3. The lowest BCUT2D eigenvalue weighted by Crippen LogP contribution is -1.99. The van der Waals surface area contributed by atoms with Crippen LogP contribution in [0.15, 0.2) is 237 Å². The predicted octanol–water partition coefficient (Wildman–Crippen LogP) is 23.3. The summed E-state index contributed by atoms with van der Waals surface area (Å²) in [7, 11) is -4.02. The molecule has 87 heavy (non-hydrogen) atoms. The zero-order valence-electron chi connectivity index (χ0n) is 51.0. The molecule has 8 aromatic rings. The Morgan fingerprint density at radius 1 is 0.322 bits per heavy atom. The molecule has 0 aliphatic rings. The molecular weight excluding hydrogens is 1250 g/mol. The van der Waals surface area contributed by atoms with Gasteiger partial charge in [0.1, 0.15) is 28.7 Å². The Morgan fingerprint density at radius 2 is 0.529 bits per heavy atom. The standard InChI is InChI=1S/C12H10O3P.C9H12O2P.C8H7O4P.4C6H5O2P.5C2H6/c13-16(14-11-7-3-1-4-8-11)15-12-9-5-2-6-10-12;1-2-8-12(10)11-9-6-4-3-5-7-9;1-11-8(9)6-2-4-7(5-3-6)12-13-10;4*7-9-8-6-4-2-1-3-5-6;5*1-2/h1-10H;3-7H,2,8H2,1H3;2-5H,1H3;4*1-5H;5*1-2H3/q2*+1;;;;;;;;;;. The molecule has 0 saturated heterocycles. The molecule has 17 nitrogen and oxygen atoms in total. The van der Waals surface area contributed by atoms with Crippen molar-refractivity contribution in [1.29, 1.82) is 0 Å². The van der Waals surface area contributed by atoms with E-state index < -0.39 is 30.9 Å². The first kappa shape index (κ1) is 85.8. The van der Waals surface area contributed by atoms with E-state index in [0.717, 1.165) is 6.42 Å². The second kappa shape index (κ2) is 67.5. The number of para-hydroxylation sites is 7. The SMILES string of the molecule is CC.CC.CC.CC.CC.CCC[P+](=O)Oc1ccccc1.COC(=O)c1ccc(OP=O)cc1.O=POc1ccccc1.O=POc1ccccc1.O=POc1ccccc1.O=POc1ccccc1.O=[P+](Oc1ccccc1)Oc1ccccc1. The fraction of sp³-hybridized carbons (Fsp3) is 0.222.